The van der Waals surface area contributed by atoms with Crippen LogP contribution in [-0.2, 0) is 11.3 Å². The van der Waals surface area contributed by atoms with Crippen molar-refractivity contribution in [1.82, 2.24) is 10.2 Å². The van der Waals surface area contributed by atoms with Gasteiger partial charge in [-0.15, -0.1) is 0 Å². The fourth-order valence-corrected chi connectivity index (χ4v) is 2.58. The van der Waals surface area contributed by atoms with Crippen molar-refractivity contribution in [1.29, 1.82) is 0 Å². The highest BCUT2D eigenvalue weighted by Crippen LogP contribution is 2.13. The van der Waals surface area contributed by atoms with E-state index in [9.17, 15) is 9.59 Å². The van der Waals surface area contributed by atoms with Gasteiger partial charge in [-0.1, -0.05) is 18.2 Å². The topological polar surface area (TPSA) is 58.6 Å². The number of amides is 2. The van der Waals surface area contributed by atoms with Crippen LogP contribution in [0.25, 0.3) is 0 Å². The Balaban J connectivity index is 1.93. The summed E-state index contributed by atoms with van der Waals surface area (Å²) >= 11 is 0. The first-order chi connectivity index (χ1) is 12.4. The average molecular weight is 354 g/mol. The number of methoxy groups -OCH3 is 1. The van der Waals surface area contributed by atoms with Crippen molar-refractivity contribution in [3.05, 3.63) is 64.7 Å². The predicted molar refractivity (Wildman–Crippen MR) is 102 cm³/mol. The number of rotatable bonds is 7. The van der Waals surface area contributed by atoms with Gasteiger partial charge in [0, 0.05) is 18.7 Å². The van der Waals surface area contributed by atoms with Gasteiger partial charge in [-0.05, 0) is 61.7 Å². The van der Waals surface area contributed by atoms with Gasteiger partial charge in [0.1, 0.15) is 5.75 Å². The van der Waals surface area contributed by atoms with Crippen LogP contribution >= 0.6 is 0 Å². The molecule has 2 aromatic carbocycles. The van der Waals surface area contributed by atoms with E-state index < -0.39 is 0 Å². The first-order valence-corrected chi connectivity index (χ1v) is 8.70. The third-order valence-corrected chi connectivity index (χ3v) is 4.44. The van der Waals surface area contributed by atoms with Crippen LogP contribution in [0.5, 0.6) is 5.75 Å². The van der Waals surface area contributed by atoms with E-state index >= 15 is 0 Å². The second kappa shape index (κ2) is 9.04. The molecule has 0 fully saturated rings. The summed E-state index contributed by atoms with van der Waals surface area (Å²) in [7, 11) is 1.62. The Morgan fingerprint density at radius 2 is 1.73 bits per heavy atom. The van der Waals surface area contributed by atoms with Crippen molar-refractivity contribution in [2.75, 3.05) is 20.2 Å². The minimum absolute atomic E-state index is 0.0181. The number of benzene rings is 2. The van der Waals surface area contributed by atoms with Crippen LogP contribution in [0, 0.1) is 13.8 Å². The molecule has 0 aliphatic heterocycles. The second-order valence-corrected chi connectivity index (χ2v) is 6.24. The Morgan fingerprint density at radius 1 is 1.04 bits per heavy atom. The average Bonchev–Trinajstić information content (AvgIpc) is 2.66. The molecule has 0 bridgehead atoms. The largest absolute Gasteiger partial charge is 0.497 e. The van der Waals surface area contributed by atoms with E-state index in [4.69, 9.17) is 4.74 Å². The third-order valence-electron chi connectivity index (χ3n) is 4.44. The zero-order chi connectivity index (χ0) is 19.1. The molecule has 0 unspecified atom stereocenters. The van der Waals surface area contributed by atoms with Crippen LogP contribution in [-0.4, -0.2) is 36.9 Å². The first-order valence-electron chi connectivity index (χ1n) is 8.70. The van der Waals surface area contributed by atoms with Gasteiger partial charge in [0.2, 0.25) is 5.91 Å². The lowest BCUT2D eigenvalue weighted by Crippen LogP contribution is -2.39. The van der Waals surface area contributed by atoms with Crippen LogP contribution in [0.3, 0.4) is 0 Å². The van der Waals surface area contributed by atoms with Crippen molar-refractivity contribution >= 4 is 11.8 Å². The van der Waals surface area contributed by atoms with E-state index in [0.717, 1.165) is 22.4 Å². The van der Waals surface area contributed by atoms with E-state index in [2.05, 4.69) is 5.32 Å². The Hall–Kier alpha value is -2.82. The first kappa shape index (κ1) is 19.5. The molecule has 0 aromatic heterocycles. The number of nitrogens with one attached hydrogen (secondary N) is 1. The quantitative estimate of drug-likeness (QED) is 0.831. The molecule has 0 atom stereocenters. The SMILES string of the molecule is CCN(Cc1ccc(OC)cc1)C(=O)CNC(=O)c1ccc(C)c(C)c1. The summed E-state index contributed by atoms with van der Waals surface area (Å²) in [6, 6.07) is 13.1. The smallest absolute Gasteiger partial charge is 0.251 e. The molecular formula is C21H26N2O3. The molecular weight excluding hydrogens is 328 g/mol. The lowest BCUT2D eigenvalue weighted by atomic mass is 10.1. The van der Waals surface area contributed by atoms with Crippen LogP contribution < -0.4 is 10.1 Å². The minimum atomic E-state index is -0.234. The summed E-state index contributed by atoms with van der Waals surface area (Å²) in [5.74, 6) is 0.436. The fraction of sp³-hybridized carbons (Fsp3) is 0.333. The van der Waals surface area contributed by atoms with Crippen molar-refractivity contribution in [3.8, 4) is 5.75 Å². The molecule has 0 spiro atoms. The number of nitrogens with zero attached hydrogens (tertiary/aromatic N) is 1. The van der Waals surface area contributed by atoms with E-state index in [-0.39, 0.29) is 18.4 Å². The maximum absolute atomic E-state index is 12.4. The molecule has 26 heavy (non-hydrogen) atoms. The number of hydrogen-bond acceptors (Lipinski definition) is 3. The third kappa shape index (κ3) is 5.09. The van der Waals surface area contributed by atoms with E-state index in [1.807, 2.05) is 57.2 Å². The van der Waals surface area contributed by atoms with Gasteiger partial charge in [0.25, 0.3) is 5.91 Å². The Bertz CT molecular complexity index is 769. The second-order valence-electron chi connectivity index (χ2n) is 6.24. The zero-order valence-corrected chi connectivity index (χ0v) is 15.8. The summed E-state index contributed by atoms with van der Waals surface area (Å²) in [4.78, 5) is 26.4. The van der Waals surface area contributed by atoms with Crippen molar-refractivity contribution in [2.24, 2.45) is 0 Å². The highest BCUT2D eigenvalue weighted by molar-refractivity contribution is 5.96. The standard InChI is InChI=1S/C21H26N2O3/c1-5-23(14-17-7-10-19(26-4)11-8-17)20(24)13-22-21(25)18-9-6-15(2)16(3)12-18/h6-12H,5,13-14H2,1-4H3,(H,22,25). The van der Waals surface area contributed by atoms with Crippen LogP contribution in [0.15, 0.2) is 42.5 Å². The Labute approximate surface area is 155 Å². The summed E-state index contributed by atoms with van der Waals surface area (Å²) in [6.07, 6.45) is 0. The zero-order valence-electron chi connectivity index (χ0n) is 15.8. The molecule has 2 aromatic rings. The van der Waals surface area contributed by atoms with E-state index in [0.29, 0.717) is 18.7 Å². The van der Waals surface area contributed by atoms with Gasteiger partial charge < -0.3 is 15.0 Å². The van der Waals surface area contributed by atoms with Gasteiger partial charge in [-0.3, -0.25) is 9.59 Å². The Kier molecular flexibility index (Phi) is 6.78. The molecule has 0 aliphatic rings. The molecule has 5 heteroatoms. The lowest BCUT2D eigenvalue weighted by Gasteiger charge is -2.21. The number of ether oxygens (including phenoxy) is 1. The molecule has 5 nitrogen and oxygen atoms in total. The molecule has 2 rings (SSSR count). The normalized spacial score (nSPS) is 10.3. The van der Waals surface area contributed by atoms with Gasteiger partial charge in [-0.2, -0.15) is 0 Å². The van der Waals surface area contributed by atoms with Crippen LogP contribution in [0.4, 0.5) is 0 Å². The Morgan fingerprint density at radius 3 is 2.31 bits per heavy atom. The summed E-state index contributed by atoms with van der Waals surface area (Å²) in [6.45, 7) is 6.94. The lowest BCUT2D eigenvalue weighted by molar-refractivity contribution is -0.130. The number of likely N-dealkylation sites (N-methyl/N-ethyl adjacent to an activating group) is 1. The highest BCUT2D eigenvalue weighted by atomic mass is 16.5. The monoisotopic (exact) mass is 354 g/mol. The maximum Gasteiger partial charge on any atom is 0.251 e. The highest BCUT2D eigenvalue weighted by Gasteiger charge is 2.14. The van der Waals surface area contributed by atoms with E-state index in [1.54, 1.807) is 18.1 Å². The number of carbonyl (C=O) groups excluding carboxylic acids is 2. The predicted octanol–water partition coefficient (Wildman–Crippen LogP) is 3.09. The number of aryl methyl sites for hydroxylation is 2. The molecule has 0 radical (unpaired) electrons. The van der Waals surface area contributed by atoms with Crippen molar-refractivity contribution in [3.63, 3.8) is 0 Å². The number of hydrogen-bond donors (Lipinski definition) is 1. The van der Waals surface area contributed by atoms with Crippen molar-refractivity contribution in [2.45, 2.75) is 27.3 Å². The number of carbonyl (C=O) groups is 2. The van der Waals surface area contributed by atoms with E-state index in [1.165, 1.54) is 0 Å². The fourth-order valence-electron chi connectivity index (χ4n) is 2.58. The minimum Gasteiger partial charge on any atom is -0.497 e. The molecule has 138 valence electrons. The van der Waals surface area contributed by atoms with Crippen LogP contribution in [0.2, 0.25) is 0 Å². The molecule has 1 N–H and O–H groups in total. The maximum atomic E-state index is 12.4. The molecule has 0 heterocycles. The summed E-state index contributed by atoms with van der Waals surface area (Å²) in [5.41, 5.74) is 3.77. The van der Waals surface area contributed by atoms with Gasteiger partial charge in [-0.25, -0.2) is 0 Å². The van der Waals surface area contributed by atoms with Crippen molar-refractivity contribution < 1.29 is 14.3 Å². The molecule has 2 amide bonds. The summed E-state index contributed by atoms with van der Waals surface area (Å²) < 4.78 is 5.14. The van der Waals surface area contributed by atoms with Crippen LogP contribution in [0.1, 0.15) is 34.0 Å². The molecule has 0 aliphatic carbocycles. The summed E-state index contributed by atoms with van der Waals surface area (Å²) in [5, 5.41) is 2.71. The van der Waals surface area contributed by atoms with Gasteiger partial charge in [0.05, 0.1) is 13.7 Å². The van der Waals surface area contributed by atoms with Gasteiger partial charge >= 0.3 is 0 Å². The molecule has 0 saturated carbocycles. The van der Waals surface area contributed by atoms with Gasteiger partial charge in [0.15, 0.2) is 0 Å². The molecule has 0 saturated heterocycles.